The van der Waals surface area contributed by atoms with Crippen LogP contribution in [0.5, 0.6) is 0 Å². The number of rotatable bonds is 8. The zero-order chi connectivity index (χ0) is 15.1. The van der Waals surface area contributed by atoms with Gasteiger partial charge in [0.05, 0.1) is 24.7 Å². The highest BCUT2D eigenvalue weighted by atomic mass is 16.1. The molecule has 0 spiro atoms. The van der Waals surface area contributed by atoms with E-state index in [0.717, 1.165) is 24.2 Å². The van der Waals surface area contributed by atoms with E-state index in [-0.39, 0.29) is 5.78 Å². The summed E-state index contributed by atoms with van der Waals surface area (Å²) in [6.07, 6.45) is 4.47. The molecular weight excluding hydrogens is 262 g/mol. The van der Waals surface area contributed by atoms with Crippen LogP contribution in [0.1, 0.15) is 38.4 Å². The van der Waals surface area contributed by atoms with Crippen LogP contribution in [0.3, 0.4) is 0 Å². The molecule has 0 saturated heterocycles. The summed E-state index contributed by atoms with van der Waals surface area (Å²) in [5, 5.41) is 7.65. The molecular formula is C17H23N3O. The quantitative estimate of drug-likeness (QED) is 0.808. The second kappa shape index (κ2) is 7.62. The molecule has 4 nitrogen and oxygen atoms in total. The fourth-order valence-corrected chi connectivity index (χ4v) is 2.36. The number of carbonyl (C=O) groups excluding carboxylic acids is 1. The summed E-state index contributed by atoms with van der Waals surface area (Å²) < 4.78 is 1.98. The van der Waals surface area contributed by atoms with Crippen LogP contribution in [-0.4, -0.2) is 22.1 Å². The minimum Gasteiger partial charge on any atom is -0.378 e. The van der Waals surface area contributed by atoms with E-state index < -0.39 is 0 Å². The van der Waals surface area contributed by atoms with E-state index >= 15 is 0 Å². The maximum atomic E-state index is 12.0. The largest absolute Gasteiger partial charge is 0.378 e. The Balaban J connectivity index is 1.85. The highest BCUT2D eigenvalue weighted by molar-refractivity contribution is 5.84. The van der Waals surface area contributed by atoms with Crippen LogP contribution in [0.25, 0.3) is 0 Å². The zero-order valence-corrected chi connectivity index (χ0v) is 12.7. The van der Waals surface area contributed by atoms with Gasteiger partial charge in [-0.2, -0.15) is 5.10 Å². The van der Waals surface area contributed by atoms with Gasteiger partial charge in [0.2, 0.25) is 0 Å². The Kier molecular flexibility index (Phi) is 5.55. The van der Waals surface area contributed by atoms with Crippen LogP contribution in [0.15, 0.2) is 42.6 Å². The number of anilines is 1. The van der Waals surface area contributed by atoms with Crippen molar-refractivity contribution in [2.75, 3.05) is 11.9 Å². The lowest BCUT2D eigenvalue weighted by Gasteiger charge is -2.12. The fraction of sp³-hybridized carbons (Fsp3) is 0.412. The van der Waals surface area contributed by atoms with Crippen molar-refractivity contribution in [2.24, 2.45) is 0 Å². The third-order valence-electron chi connectivity index (χ3n) is 3.62. The van der Waals surface area contributed by atoms with Gasteiger partial charge in [-0.15, -0.1) is 0 Å². The van der Waals surface area contributed by atoms with Crippen LogP contribution >= 0.6 is 0 Å². The van der Waals surface area contributed by atoms with E-state index in [4.69, 9.17) is 0 Å². The van der Waals surface area contributed by atoms with Gasteiger partial charge in [0.15, 0.2) is 5.78 Å². The molecule has 112 valence electrons. The van der Waals surface area contributed by atoms with Crippen molar-refractivity contribution in [3.05, 3.63) is 48.3 Å². The number of nitrogens with one attached hydrogen (secondary N) is 1. The van der Waals surface area contributed by atoms with Crippen molar-refractivity contribution in [3.8, 4) is 0 Å². The number of para-hydroxylation sites is 1. The Morgan fingerprint density at radius 3 is 2.57 bits per heavy atom. The second-order valence-electron chi connectivity index (χ2n) is 5.19. The monoisotopic (exact) mass is 285 g/mol. The van der Waals surface area contributed by atoms with Gasteiger partial charge >= 0.3 is 0 Å². The molecule has 0 radical (unpaired) electrons. The molecule has 0 saturated carbocycles. The molecule has 0 aliphatic rings. The Hall–Kier alpha value is -2.10. The smallest absolute Gasteiger partial charge is 0.157 e. The van der Waals surface area contributed by atoms with E-state index in [2.05, 4.69) is 24.3 Å². The predicted molar refractivity (Wildman–Crippen MR) is 85.5 cm³/mol. The van der Waals surface area contributed by atoms with Gasteiger partial charge in [0.25, 0.3) is 0 Å². The predicted octanol–water partition coefficient (Wildman–Crippen LogP) is 3.47. The van der Waals surface area contributed by atoms with Crippen molar-refractivity contribution in [1.82, 2.24) is 9.78 Å². The number of benzene rings is 1. The number of hydrogen-bond donors (Lipinski definition) is 1. The number of nitrogens with zero attached hydrogens (tertiary/aromatic N) is 2. The van der Waals surface area contributed by atoms with Crippen LogP contribution in [0.4, 0.5) is 5.69 Å². The maximum absolute atomic E-state index is 12.0. The van der Waals surface area contributed by atoms with Crippen LogP contribution in [0, 0.1) is 0 Å². The van der Waals surface area contributed by atoms with Gasteiger partial charge in [0.1, 0.15) is 0 Å². The topological polar surface area (TPSA) is 46.9 Å². The number of aromatic nitrogens is 2. The van der Waals surface area contributed by atoms with E-state index in [9.17, 15) is 4.79 Å². The first-order valence-electron chi connectivity index (χ1n) is 7.57. The van der Waals surface area contributed by atoms with Gasteiger partial charge in [-0.25, -0.2) is 0 Å². The molecule has 0 fully saturated rings. The van der Waals surface area contributed by atoms with Crippen molar-refractivity contribution in [3.63, 3.8) is 0 Å². The molecule has 1 aromatic heterocycles. The lowest BCUT2D eigenvalue weighted by molar-refractivity contribution is -0.116. The van der Waals surface area contributed by atoms with Crippen LogP contribution in [-0.2, 0) is 11.2 Å². The molecule has 0 unspecified atom stereocenters. The summed E-state index contributed by atoms with van der Waals surface area (Å²) in [4.78, 5) is 12.0. The lowest BCUT2D eigenvalue weighted by atomic mass is 10.2. The van der Waals surface area contributed by atoms with Crippen molar-refractivity contribution < 1.29 is 4.79 Å². The molecule has 1 heterocycles. The van der Waals surface area contributed by atoms with E-state index in [1.807, 2.05) is 47.3 Å². The van der Waals surface area contributed by atoms with Crippen LogP contribution < -0.4 is 5.32 Å². The van der Waals surface area contributed by atoms with Crippen LogP contribution in [0.2, 0.25) is 0 Å². The summed E-state index contributed by atoms with van der Waals surface area (Å²) in [5.74, 6) is 0.147. The first-order chi connectivity index (χ1) is 10.2. The van der Waals surface area contributed by atoms with Gasteiger partial charge < -0.3 is 5.32 Å². The summed E-state index contributed by atoms with van der Waals surface area (Å²) in [7, 11) is 0. The normalized spacial score (nSPS) is 10.8. The van der Waals surface area contributed by atoms with Gasteiger partial charge in [-0.3, -0.25) is 9.48 Å². The molecule has 0 aliphatic carbocycles. The number of ketones is 1. The van der Waals surface area contributed by atoms with E-state index in [0.29, 0.717) is 19.0 Å². The summed E-state index contributed by atoms with van der Waals surface area (Å²) in [6.45, 7) is 4.65. The number of carbonyl (C=O) groups is 1. The average molecular weight is 285 g/mol. The highest BCUT2D eigenvalue weighted by Gasteiger charge is 2.10. The minimum atomic E-state index is 0.147. The summed E-state index contributed by atoms with van der Waals surface area (Å²) in [6, 6.07) is 12.1. The fourth-order valence-electron chi connectivity index (χ4n) is 2.36. The first kappa shape index (κ1) is 15.3. The Morgan fingerprint density at radius 2 is 1.90 bits per heavy atom. The maximum Gasteiger partial charge on any atom is 0.157 e. The average Bonchev–Trinajstić information content (AvgIpc) is 2.96. The molecule has 0 atom stereocenters. The van der Waals surface area contributed by atoms with Crippen molar-refractivity contribution in [1.29, 1.82) is 0 Å². The van der Waals surface area contributed by atoms with Gasteiger partial charge in [0, 0.05) is 11.9 Å². The van der Waals surface area contributed by atoms with E-state index in [1.165, 1.54) is 0 Å². The lowest BCUT2D eigenvalue weighted by Crippen LogP contribution is -2.16. The van der Waals surface area contributed by atoms with Crippen molar-refractivity contribution in [2.45, 2.75) is 39.2 Å². The SMILES string of the molecule is CCC(CC)n1ccc(CC(=O)CNc2ccccc2)n1. The first-order valence-corrected chi connectivity index (χ1v) is 7.57. The molecule has 4 heteroatoms. The van der Waals surface area contributed by atoms with E-state index in [1.54, 1.807) is 0 Å². The molecule has 2 aromatic rings. The molecule has 1 N–H and O–H groups in total. The third kappa shape index (κ3) is 4.45. The number of Topliss-reactive ketones (excluding diaryl/α,β-unsaturated/α-hetero) is 1. The van der Waals surface area contributed by atoms with Gasteiger partial charge in [-0.1, -0.05) is 32.0 Å². The Labute approximate surface area is 126 Å². The molecule has 21 heavy (non-hydrogen) atoms. The number of hydrogen-bond acceptors (Lipinski definition) is 3. The van der Waals surface area contributed by atoms with Crippen molar-refractivity contribution >= 4 is 11.5 Å². The molecule has 0 amide bonds. The highest BCUT2D eigenvalue weighted by Crippen LogP contribution is 2.14. The summed E-state index contributed by atoms with van der Waals surface area (Å²) in [5.41, 5.74) is 1.81. The van der Waals surface area contributed by atoms with Gasteiger partial charge in [-0.05, 0) is 31.0 Å². The minimum absolute atomic E-state index is 0.147. The molecule has 1 aromatic carbocycles. The molecule has 0 bridgehead atoms. The summed E-state index contributed by atoms with van der Waals surface area (Å²) >= 11 is 0. The Bertz CT molecular complexity index is 558. The second-order valence-corrected chi connectivity index (χ2v) is 5.19. The molecule has 2 rings (SSSR count). The standard InChI is InChI=1S/C17H23N3O/c1-3-16(4-2)20-11-10-15(19-20)12-17(21)13-18-14-8-6-5-7-9-14/h5-11,16,18H,3-4,12-13H2,1-2H3. The molecule has 0 aliphatic heterocycles. The zero-order valence-electron chi connectivity index (χ0n) is 12.7. The third-order valence-corrected chi connectivity index (χ3v) is 3.62. The Morgan fingerprint density at radius 1 is 1.19 bits per heavy atom.